The maximum atomic E-state index is 13.6. The normalized spacial score (nSPS) is 16.6. The number of benzene rings is 3. The van der Waals surface area contributed by atoms with E-state index < -0.39 is 6.04 Å². The second-order valence-corrected chi connectivity index (χ2v) is 9.16. The third-order valence-corrected chi connectivity index (χ3v) is 6.95. The number of carbonyl (C=O) groups excluding carboxylic acids is 3. The molecule has 0 radical (unpaired) electrons. The summed E-state index contributed by atoms with van der Waals surface area (Å²) in [6, 6.07) is 19.4. The molecule has 37 heavy (non-hydrogen) atoms. The van der Waals surface area contributed by atoms with Crippen molar-refractivity contribution in [2.24, 2.45) is 0 Å². The van der Waals surface area contributed by atoms with E-state index in [-0.39, 0.29) is 30.8 Å². The zero-order valence-corrected chi connectivity index (χ0v) is 20.9. The maximum absolute atomic E-state index is 13.6. The highest BCUT2D eigenvalue weighted by atomic mass is 16.5. The first-order chi connectivity index (χ1) is 18.0. The number of amides is 3. The highest BCUT2D eigenvalue weighted by molar-refractivity contribution is 6.11. The van der Waals surface area contributed by atoms with Gasteiger partial charge in [0.15, 0.2) is 0 Å². The number of hydrogen-bond acceptors (Lipinski definition) is 5. The molecule has 190 valence electrons. The Kier molecular flexibility index (Phi) is 6.81. The minimum atomic E-state index is -0.453. The summed E-state index contributed by atoms with van der Waals surface area (Å²) in [6.45, 7) is 1.14. The summed E-state index contributed by atoms with van der Waals surface area (Å²) in [4.78, 5) is 43.1. The molecule has 5 rings (SSSR count). The van der Waals surface area contributed by atoms with E-state index in [1.165, 1.54) is 0 Å². The zero-order chi connectivity index (χ0) is 25.9. The van der Waals surface area contributed by atoms with Crippen molar-refractivity contribution < 1.29 is 23.9 Å². The summed E-state index contributed by atoms with van der Waals surface area (Å²) in [5.74, 6) is 0.877. The molecule has 0 bridgehead atoms. The Morgan fingerprint density at radius 2 is 1.84 bits per heavy atom. The van der Waals surface area contributed by atoms with Crippen LogP contribution in [0.5, 0.6) is 11.5 Å². The molecule has 3 amide bonds. The van der Waals surface area contributed by atoms with E-state index in [1.54, 1.807) is 54.4 Å². The number of hydrogen-bond donors (Lipinski definition) is 1. The Hall–Kier alpha value is -4.33. The molecule has 1 N–H and O–H groups in total. The molecular weight excluding hydrogens is 470 g/mol. The lowest BCUT2D eigenvalue weighted by Crippen LogP contribution is -2.44. The van der Waals surface area contributed by atoms with E-state index in [0.29, 0.717) is 41.3 Å². The molecule has 1 atom stereocenters. The van der Waals surface area contributed by atoms with Crippen LogP contribution in [0.1, 0.15) is 44.7 Å². The maximum Gasteiger partial charge on any atom is 0.256 e. The van der Waals surface area contributed by atoms with Gasteiger partial charge in [0.1, 0.15) is 17.5 Å². The fourth-order valence-electron chi connectivity index (χ4n) is 5.04. The van der Waals surface area contributed by atoms with Gasteiger partial charge in [-0.2, -0.15) is 0 Å². The van der Waals surface area contributed by atoms with E-state index in [9.17, 15) is 14.4 Å². The number of ether oxygens (including phenoxy) is 2. The van der Waals surface area contributed by atoms with Crippen LogP contribution in [0.4, 0.5) is 5.69 Å². The standard InChI is InChI=1S/C29H29N3O5/c1-36-22-13-12-21(26(16-22)37-2)17-30-27(33)20-8-5-7-19(15-20)18-32-24-10-4-3-9-23(24)28(34)31-14-6-11-25(31)29(32)35/h3-5,7-10,12-13,15-16,25H,6,11,14,17-18H2,1-2H3,(H,30,33)/t25-/m0/s1. The van der Waals surface area contributed by atoms with Crippen molar-refractivity contribution in [3.05, 3.63) is 89.0 Å². The lowest BCUT2D eigenvalue weighted by atomic mass is 10.1. The smallest absolute Gasteiger partial charge is 0.256 e. The van der Waals surface area contributed by atoms with Gasteiger partial charge in [-0.1, -0.05) is 24.3 Å². The molecule has 8 nitrogen and oxygen atoms in total. The first-order valence-corrected chi connectivity index (χ1v) is 12.3. The van der Waals surface area contributed by atoms with Crippen LogP contribution in [0.15, 0.2) is 66.7 Å². The Morgan fingerprint density at radius 1 is 1.00 bits per heavy atom. The fourth-order valence-corrected chi connectivity index (χ4v) is 5.04. The van der Waals surface area contributed by atoms with Crippen molar-refractivity contribution >= 4 is 23.4 Å². The SMILES string of the molecule is COc1ccc(CNC(=O)c2cccc(CN3C(=O)[C@@H]4CCCN4C(=O)c4ccccc43)c2)c(OC)c1. The predicted octanol–water partition coefficient (Wildman–Crippen LogP) is 3.79. The average molecular weight is 500 g/mol. The van der Waals surface area contributed by atoms with E-state index in [4.69, 9.17) is 9.47 Å². The molecule has 2 aliphatic rings. The first kappa shape index (κ1) is 24.4. The molecule has 2 heterocycles. The predicted molar refractivity (Wildman–Crippen MR) is 139 cm³/mol. The average Bonchev–Trinajstić information content (AvgIpc) is 3.41. The number of methoxy groups -OCH3 is 2. The summed E-state index contributed by atoms with van der Waals surface area (Å²) < 4.78 is 10.7. The van der Waals surface area contributed by atoms with Gasteiger partial charge in [-0.15, -0.1) is 0 Å². The van der Waals surface area contributed by atoms with Gasteiger partial charge in [0.25, 0.3) is 11.8 Å². The van der Waals surface area contributed by atoms with Crippen LogP contribution < -0.4 is 19.7 Å². The van der Waals surface area contributed by atoms with Gasteiger partial charge < -0.3 is 24.6 Å². The number of para-hydroxylation sites is 1. The van der Waals surface area contributed by atoms with Crippen LogP contribution in [0, 0.1) is 0 Å². The van der Waals surface area contributed by atoms with Gasteiger partial charge in [-0.25, -0.2) is 0 Å². The second-order valence-electron chi connectivity index (χ2n) is 9.16. The number of carbonyl (C=O) groups is 3. The summed E-state index contributed by atoms with van der Waals surface area (Å²) in [5.41, 5.74) is 3.25. The topological polar surface area (TPSA) is 88.2 Å². The van der Waals surface area contributed by atoms with Gasteiger partial charge in [-0.05, 0) is 54.8 Å². The molecule has 1 fully saturated rings. The number of anilines is 1. The molecule has 8 heteroatoms. The Morgan fingerprint density at radius 3 is 2.65 bits per heavy atom. The molecule has 0 saturated carbocycles. The summed E-state index contributed by atoms with van der Waals surface area (Å²) >= 11 is 0. The molecule has 3 aromatic rings. The monoisotopic (exact) mass is 499 g/mol. The van der Waals surface area contributed by atoms with E-state index in [2.05, 4.69) is 5.32 Å². The molecule has 0 unspecified atom stereocenters. The summed E-state index contributed by atoms with van der Waals surface area (Å²) in [5, 5.41) is 2.94. The molecule has 3 aromatic carbocycles. The van der Waals surface area contributed by atoms with Crippen molar-refractivity contribution in [3.63, 3.8) is 0 Å². The van der Waals surface area contributed by atoms with Crippen LogP contribution in [0.25, 0.3) is 0 Å². The number of fused-ring (bicyclic) bond motifs is 2. The third-order valence-electron chi connectivity index (χ3n) is 6.95. The van der Waals surface area contributed by atoms with Crippen molar-refractivity contribution in [1.82, 2.24) is 10.2 Å². The lowest BCUT2D eigenvalue weighted by Gasteiger charge is -2.26. The number of rotatable bonds is 7. The molecule has 0 spiro atoms. The van der Waals surface area contributed by atoms with Crippen LogP contribution in [0.2, 0.25) is 0 Å². The van der Waals surface area contributed by atoms with E-state index >= 15 is 0 Å². The van der Waals surface area contributed by atoms with Crippen LogP contribution >= 0.6 is 0 Å². The van der Waals surface area contributed by atoms with Gasteiger partial charge in [0.05, 0.1) is 32.0 Å². The largest absolute Gasteiger partial charge is 0.497 e. The summed E-state index contributed by atoms with van der Waals surface area (Å²) in [7, 11) is 3.16. The fraction of sp³-hybridized carbons (Fsp3) is 0.276. The van der Waals surface area contributed by atoms with E-state index in [1.807, 2.05) is 36.4 Å². The van der Waals surface area contributed by atoms with E-state index in [0.717, 1.165) is 17.5 Å². The van der Waals surface area contributed by atoms with Crippen LogP contribution in [-0.2, 0) is 17.9 Å². The van der Waals surface area contributed by atoms with Gasteiger partial charge in [-0.3, -0.25) is 14.4 Å². The highest BCUT2D eigenvalue weighted by Gasteiger charge is 2.41. The molecule has 1 saturated heterocycles. The van der Waals surface area contributed by atoms with Crippen molar-refractivity contribution in [1.29, 1.82) is 0 Å². The van der Waals surface area contributed by atoms with Crippen LogP contribution in [-0.4, -0.2) is 49.4 Å². The van der Waals surface area contributed by atoms with Crippen LogP contribution in [0.3, 0.4) is 0 Å². The van der Waals surface area contributed by atoms with Crippen molar-refractivity contribution in [2.45, 2.75) is 32.0 Å². The Balaban J connectivity index is 1.35. The molecule has 2 aliphatic heterocycles. The number of nitrogens with one attached hydrogen (secondary N) is 1. The second kappa shape index (κ2) is 10.3. The highest BCUT2D eigenvalue weighted by Crippen LogP contribution is 2.33. The Bertz CT molecular complexity index is 1350. The molecular formula is C29H29N3O5. The first-order valence-electron chi connectivity index (χ1n) is 12.3. The minimum Gasteiger partial charge on any atom is -0.497 e. The Labute approximate surface area is 215 Å². The van der Waals surface area contributed by atoms with Gasteiger partial charge in [0, 0.05) is 30.3 Å². The minimum absolute atomic E-state index is 0.0859. The quantitative estimate of drug-likeness (QED) is 0.535. The third kappa shape index (κ3) is 4.74. The zero-order valence-electron chi connectivity index (χ0n) is 20.9. The van der Waals surface area contributed by atoms with Gasteiger partial charge in [0.2, 0.25) is 5.91 Å². The summed E-state index contributed by atoms with van der Waals surface area (Å²) in [6.07, 6.45) is 1.47. The van der Waals surface area contributed by atoms with Gasteiger partial charge >= 0.3 is 0 Å². The van der Waals surface area contributed by atoms with Crippen molar-refractivity contribution in [2.75, 3.05) is 25.7 Å². The molecule has 0 aromatic heterocycles. The molecule has 0 aliphatic carbocycles. The van der Waals surface area contributed by atoms with Crippen molar-refractivity contribution in [3.8, 4) is 11.5 Å². The number of nitrogens with zero attached hydrogens (tertiary/aromatic N) is 2. The lowest BCUT2D eigenvalue weighted by molar-refractivity contribution is -0.122.